The summed E-state index contributed by atoms with van der Waals surface area (Å²) >= 11 is 0. The van der Waals surface area contributed by atoms with Crippen LogP contribution in [-0.4, -0.2) is 26.6 Å². The van der Waals surface area contributed by atoms with Crippen molar-refractivity contribution in [2.45, 2.75) is 31.7 Å². The second-order valence-corrected chi connectivity index (χ2v) is 6.19. The second kappa shape index (κ2) is 5.65. The molecule has 0 fully saturated rings. The highest BCUT2D eigenvalue weighted by Gasteiger charge is 2.44. The molecule has 2 atom stereocenters. The van der Waals surface area contributed by atoms with Crippen molar-refractivity contribution in [3.05, 3.63) is 51.8 Å². The fraction of sp³-hybridized carbons (Fsp3) is 0.353. The van der Waals surface area contributed by atoms with Gasteiger partial charge in [0.05, 0.1) is 11.6 Å². The van der Waals surface area contributed by atoms with Crippen molar-refractivity contribution >= 4 is 0 Å². The highest BCUT2D eigenvalue weighted by Crippen LogP contribution is 2.42. The Morgan fingerprint density at radius 1 is 1.38 bits per heavy atom. The second-order valence-electron chi connectivity index (χ2n) is 6.19. The lowest BCUT2D eigenvalue weighted by atomic mass is 9.88. The highest BCUT2D eigenvalue weighted by molar-refractivity contribution is 5.46. The molecule has 0 aliphatic carbocycles. The standard InChI is InChI=1S/C17H17N3O4/c1-17(2)16(22)15(23-13-6-7-14(21)20(3)19-13)11-8-10(9-18)4-5-12(11)24-17/h4-8,15-16,22H,1-3H3/t15-,16+/m1/s1. The van der Waals surface area contributed by atoms with Gasteiger partial charge in [0.1, 0.15) is 17.5 Å². The number of aliphatic hydroxyl groups is 1. The molecule has 124 valence electrons. The molecule has 1 aliphatic rings. The van der Waals surface area contributed by atoms with E-state index in [1.54, 1.807) is 32.0 Å². The SMILES string of the molecule is Cn1nc(O[C@@H]2c3cc(C#N)ccc3OC(C)(C)[C@H]2O)ccc1=O. The summed E-state index contributed by atoms with van der Waals surface area (Å²) < 4.78 is 12.8. The van der Waals surface area contributed by atoms with Gasteiger partial charge in [-0.15, -0.1) is 5.10 Å². The summed E-state index contributed by atoms with van der Waals surface area (Å²) in [5.41, 5.74) is -0.142. The van der Waals surface area contributed by atoms with E-state index in [0.29, 0.717) is 16.9 Å². The molecule has 0 unspecified atom stereocenters. The summed E-state index contributed by atoms with van der Waals surface area (Å²) in [7, 11) is 1.52. The van der Waals surface area contributed by atoms with E-state index in [1.165, 1.54) is 19.2 Å². The molecule has 0 saturated heterocycles. The third-order valence-electron chi connectivity index (χ3n) is 4.00. The molecule has 1 aromatic carbocycles. The van der Waals surface area contributed by atoms with Crippen molar-refractivity contribution in [1.29, 1.82) is 5.26 Å². The number of rotatable bonds is 2. The molecule has 2 aromatic rings. The molecule has 0 saturated carbocycles. The Balaban J connectivity index is 2.06. The minimum Gasteiger partial charge on any atom is -0.485 e. The Hall–Kier alpha value is -2.85. The first kappa shape index (κ1) is 16.0. The average molecular weight is 327 g/mol. The van der Waals surface area contributed by atoms with Gasteiger partial charge in [-0.3, -0.25) is 4.79 Å². The summed E-state index contributed by atoms with van der Waals surface area (Å²) in [5, 5.41) is 23.8. The summed E-state index contributed by atoms with van der Waals surface area (Å²) in [6.45, 7) is 3.51. The summed E-state index contributed by atoms with van der Waals surface area (Å²) in [4.78, 5) is 11.5. The van der Waals surface area contributed by atoms with Crippen LogP contribution < -0.4 is 15.0 Å². The molecule has 2 heterocycles. The summed E-state index contributed by atoms with van der Waals surface area (Å²) in [5.74, 6) is 0.742. The Labute approximate surface area is 138 Å². The number of benzene rings is 1. The number of fused-ring (bicyclic) bond motifs is 1. The van der Waals surface area contributed by atoms with Gasteiger partial charge in [0.2, 0.25) is 5.88 Å². The maximum absolute atomic E-state index is 11.5. The predicted octanol–water partition coefficient (Wildman–Crippen LogP) is 1.30. The van der Waals surface area contributed by atoms with E-state index in [0.717, 1.165) is 4.68 Å². The van der Waals surface area contributed by atoms with Gasteiger partial charge in [-0.1, -0.05) is 0 Å². The lowest BCUT2D eigenvalue weighted by Gasteiger charge is -2.41. The fourth-order valence-electron chi connectivity index (χ4n) is 2.61. The Bertz CT molecular complexity index is 882. The minimum absolute atomic E-state index is 0.201. The molecular weight excluding hydrogens is 310 g/mol. The first-order valence-corrected chi connectivity index (χ1v) is 7.44. The Morgan fingerprint density at radius 2 is 2.12 bits per heavy atom. The van der Waals surface area contributed by atoms with Gasteiger partial charge in [0.15, 0.2) is 6.10 Å². The summed E-state index contributed by atoms with van der Waals surface area (Å²) in [6.07, 6.45) is -1.76. The number of aromatic nitrogens is 2. The lowest BCUT2D eigenvalue weighted by molar-refractivity contribution is -0.104. The van der Waals surface area contributed by atoms with Gasteiger partial charge in [-0.25, -0.2) is 4.68 Å². The van der Waals surface area contributed by atoms with Gasteiger partial charge in [0, 0.05) is 24.7 Å². The largest absolute Gasteiger partial charge is 0.485 e. The molecule has 1 aromatic heterocycles. The van der Waals surface area contributed by atoms with Crippen LogP contribution >= 0.6 is 0 Å². The van der Waals surface area contributed by atoms with E-state index in [9.17, 15) is 9.90 Å². The van der Waals surface area contributed by atoms with E-state index in [2.05, 4.69) is 11.2 Å². The molecule has 1 aliphatic heterocycles. The highest BCUT2D eigenvalue weighted by atomic mass is 16.5. The Morgan fingerprint density at radius 3 is 2.79 bits per heavy atom. The number of nitrogens with zero attached hydrogens (tertiary/aromatic N) is 3. The van der Waals surface area contributed by atoms with Crippen molar-refractivity contribution in [1.82, 2.24) is 9.78 Å². The van der Waals surface area contributed by atoms with Gasteiger partial charge in [-0.2, -0.15) is 5.26 Å². The first-order valence-electron chi connectivity index (χ1n) is 7.44. The number of aliphatic hydroxyl groups excluding tert-OH is 1. The molecule has 0 bridgehead atoms. The van der Waals surface area contributed by atoms with Crippen LogP contribution in [0.4, 0.5) is 0 Å². The van der Waals surface area contributed by atoms with Gasteiger partial charge >= 0.3 is 0 Å². The molecule has 0 radical (unpaired) electrons. The van der Waals surface area contributed by atoms with Crippen LogP contribution in [0.3, 0.4) is 0 Å². The van der Waals surface area contributed by atoms with Crippen LogP contribution in [0.5, 0.6) is 11.6 Å². The van der Waals surface area contributed by atoms with Gasteiger partial charge < -0.3 is 14.6 Å². The quantitative estimate of drug-likeness (QED) is 0.893. The predicted molar refractivity (Wildman–Crippen MR) is 84.7 cm³/mol. The van der Waals surface area contributed by atoms with Crippen LogP contribution in [0.2, 0.25) is 0 Å². The molecule has 0 amide bonds. The van der Waals surface area contributed by atoms with E-state index in [1.807, 2.05) is 0 Å². The van der Waals surface area contributed by atoms with Crippen molar-refractivity contribution < 1.29 is 14.6 Å². The normalized spacial score (nSPS) is 21.3. The van der Waals surface area contributed by atoms with Crippen molar-refractivity contribution in [3.63, 3.8) is 0 Å². The molecular formula is C17H17N3O4. The molecule has 0 spiro atoms. The van der Waals surface area contributed by atoms with E-state index in [-0.39, 0.29) is 11.4 Å². The summed E-state index contributed by atoms with van der Waals surface area (Å²) in [6, 6.07) is 9.81. The number of ether oxygens (including phenoxy) is 2. The van der Waals surface area contributed by atoms with Gasteiger partial charge in [0.25, 0.3) is 5.56 Å². The van der Waals surface area contributed by atoms with E-state index >= 15 is 0 Å². The number of hydrogen-bond donors (Lipinski definition) is 1. The van der Waals surface area contributed by atoms with Crippen LogP contribution in [-0.2, 0) is 7.05 Å². The molecule has 1 N–H and O–H groups in total. The topological polar surface area (TPSA) is 97.4 Å². The molecule has 3 rings (SSSR count). The maximum atomic E-state index is 11.5. The van der Waals surface area contributed by atoms with Crippen LogP contribution in [0.15, 0.2) is 35.1 Å². The number of aryl methyl sites for hydroxylation is 1. The lowest BCUT2D eigenvalue weighted by Crippen LogP contribution is -2.50. The Kier molecular flexibility index (Phi) is 3.78. The fourth-order valence-corrected chi connectivity index (χ4v) is 2.61. The zero-order valence-electron chi connectivity index (χ0n) is 13.6. The average Bonchev–Trinajstić information content (AvgIpc) is 2.54. The number of nitriles is 1. The smallest absolute Gasteiger partial charge is 0.266 e. The zero-order chi connectivity index (χ0) is 17.5. The molecule has 7 heteroatoms. The first-order chi connectivity index (χ1) is 11.3. The molecule has 24 heavy (non-hydrogen) atoms. The van der Waals surface area contributed by atoms with Crippen LogP contribution in [0.1, 0.15) is 31.1 Å². The minimum atomic E-state index is -0.988. The zero-order valence-corrected chi connectivity index (χ0v) is 13.6. The molecule has 7 nitrogen and oxygen atoms in total. The third kappa shape index (κ3) is 2.72. The van der Waals surface area contributed by atoms with Crippen molar-refractivity contribution in [2.75, 3.05) is 0 Å². The number of hydrogen-bond acceptors (Lipinski definition) is 6. The van der Waals surface area contributed by atoms with Gasteiger partial charge in [-0.05, 0) is 32.0 Å². The van der Waals surface area contributed by atoms with Crippen LogP contribution in [0, 0.1) is 11.3 Å². The van der Waals surface area contributed by atoms with E-state index < -0.39 is 17.8 Å². The van der Waals surface area contributed by atoms with Crippen molar-refractivity contribution in [3.8, 4) is 17.7 Å². The van der Waals surface area contributed by atoms with E-state index in [4.69, 9.17) is 14.7 Å². The third-order valence-corrected chi connectivity index (χ3v) is 4.00. The monoisotopic (exact) mass is 327 g/mol. The van der Waals surface area contributed by atoms with Crippen LogP contribution in [0.25, 0.3) is 0 Å². The van der Waals surface area contributed by atoms with Crippen molar-refractivity contribution in [2.24, 2.45) is 7.05 Å². The maximum Gasteiger partial charge on any atom is 0.266 e.